The first-order valence-electron chi connectivity index (χ1n) is 9.36. The normalized spacial score (nSPS) is 19.9. The first-order chi connectivity index (χ1) is 13.1. The Morgan fingerprint density at radius 1 is 1.30 bits per heavy atom. The zero-order chi connectivity index (χ0) is 18.8. The van der Waals surface area contributed by atoms with Gasteiger partial charge in [0.15, 0.2) is 11.6 Å². The van der Waals surface area contributed by atoms with Gasteiger partial charge in [0, 0.05) is 6.42 Å². The van der Waals surface area contributed by atoms with Crippen molar-refractivity contribution in [1.29, 1.82) is 0 Å². The summed E-state index contributed by atoms with van der Waals surface area (Å²) in [7, 11) is 0. The minimum atomic E-state index is 0.00349. The molecule has 4 nitrogen and oxygen atoms in total. The van der Waals surface area contributed by atoms with Crippen LogP contribution < -0.4 is 10.2 Å². The first kappa shape index (κ1) is 18.4. The molecule has 4 rings (SSSR count). The van der Waals surface area contributed by atoms with Crippen molar-refractivity contribution in [3.8, 4) is 0 Å². The Hall–Kier alpha value is -1.95. The van der Waals surface area contributed by atoms with Gasteiger partial charge in [-0.2, -0.15) is 0 Å². The van der Waals surface area contributed by atoms with Crippen LogP contribution in [-0.4, -0.2) is 24.0 Å². The van der Waals surface area contributed by atoms with E-state index < -0.39 is 0 Å². The molecule has 1 aliphatic heterocycles. The average Bonchev–Trinajstić information content (AvgIpc) is 3.08. The lowest BCUT2D eigenvalue weighted by Gasteiger charge is -2.30. The lowest BCUT2D eigenvalue weighted by atomic mass is 10.0. The summed E-state index contributed by atoms with van der Waals surface area (Å²) in [5.74, 6) is 0.00349. The number of para-hydroxylation sites is 1. The van der Waals surface area contributed by atoms with Gasteiger partial charge in [0.05, 0.1) is 27.5 Å². The summed E-state index contributed by atoms with van der Waals surface area (Å²) in [4.78, 5) is 18.8. The van der Waals surface area contributed by atoms with Crippen molar-refractivity contribution in [2.45, 2.75) is 32.2 Å². The number of carbonyl (C=O) groups excluding carboxylic acids is 1. The van der Waals surface area contributed by atoms with E-state index in [-0.39, 0.29) is 11.9 Å². The van der Waals surface area contributed by atoms with Crippen LogP contribution in [0.5, 0.6) is 0 Å². The second kappa shape index (κ2) is 7.97. The van der Waals surface area contributed by atoms with Gasteiger partial charge in [-0.15, -0.1) is 11.3 Å². The number of benzene rings is 2. The van der Waals surface area contributed by atoms with Gasteiger partial charge in [-0.1, -0.05) is 29.8 Å². The number of hydrogen-bond acceptors (Lipinski definition) is 3. The Morgan fingerprint density at radius 2 is 2.15 bits per heavy atom. The summed E-state index contributed by atoms with van der Waals surface area (Å²) < 4.78 is 1.22. The fraction of sp³-hybridized carbons (Fsp3) is 0.333. The topological polar surface area (TPSA) is 46.4 Å². The Balaban J connectivity index is 1.49. The number of likely N-dealkylation sites (tertiary alicyclic amines) is 1. The lowest BCUT2D eigenvalue weighted by Crippen LogP contribution is -3.14. The zero-order valence-electron chi connectivity index (χ0n) is 15.3. The lowest BCUT2D eigenvalue weighted by molar-refractivity contribution is -0.929. The highest BCUT2D eigenvalue weighted by Crippen LogP contribution is 2.28. The van der Waals surface area contributed by atoms with E-state index in [0.717, 1.165) is 35.5 Å². The van der Waals surface area contributed by atoms with E-state index in [1.54, 1.807) is 11.3 Å². The van der Waals surface area contributed by atoms with Gasteiger partial charge in [0.25, 0.3) is 5.91 Å². The van der Waals surface area contributed by atoms with E-state index in [2.05, 4.69) is 23.5 Å². The number of hydrogen-bond donors (Lipinski definition) is 2. The molecule has 1 saturated heterocycles. The predicted molar refractivity (Wildman–Crippen MR) is 112 cm³/mol. The highest BCUT2D eigenvalue weighted by atomic mass is 35.5. The van der Waals surface area contributed by atoms with Crippen LogP contribution in [0.2, 0.25) is 5.02 Å². The van der Waals surface area contributed by atoms with Gasteiger partial charge in [-0.05, 0) is 49.6 Å². The number of rotatable bonds is 4. The smallest absolute Gasteiger partial charge is 0.279 e. The number of nitrogens with one attached hydrogen (secondary N) is 2. The molecular formula is C21H23ClN3OS+. The van der Waals surface area contributed by atoms with Crippen LogP contribution in [0.3, 0.4) is 0 Å². The average molecular weight is 401 g/mol. The number of thiazole rings is 1. The summed E-state index contributed by atoms with van der Waals surface area (Å²) in [5.41, 5.74) is 2.81. The fourth-order valence-corrected chi connectivity index (χ4v) is 5.19. The van der Waals surface area contributed by atoms with Gasteiger partial charge in [0.2, 0.25) is 0 Å². The first-order valence-corrected chi connectivity index (χ1v) is 10.6. The maximum absolute atomic E-state index is 12.7. The molecule has 3 aromatic rings. The standard InChI is InChI=1S/C21H22ClN3OS/c1-14-9-10-16(15(22)12-14)23-20(26)13-25-11-5-4-7-18(25)21-24-17-6-2-3-8-19(17)27-21/h2-3,6,8-10,12,18H,4-5,7,11,13H2,1H3,(H,23,26)/p+1/t18-/m1/s1. The van der Waals surface area contributed by atoms with Gasteiger partial charge in [-0.25, -0.2) is 4.98 Å². The molecule has 1 fully saturated rings. The summed E-state index contributed by atoms with van der Waals surface area (Å²) in [6.45, 7) is 3.42. The minimum absolute atomic E-state index is 0.00349. The second-order valence-corrected chi connectivity index (χ2v) is 8.65. The number of nitrogens with zero attached hydrogens (tertiary/aromatic N) is 1. The molecule has 1 unspecified atom stereocenters. The van der Waals surface area contributed by atoms with E-state index in [1.165, 1.54) is 16.0 Å². The van der Waals surface area contributed by atoms with E-state index in [9.17, 15) is 4.79 Å². The molecule has 1 aromatic heterocycles. The van der Waals surface area contributed by atoms with Gasteiger partial charge in [0.1, 0.15) is 6.04 Å². The second-order valence-electron chi connectivity index (χ2n) is 7.18. The highest BCUT2D eigenvalue weighted by Gasteiger charge is 2.32. The van der Waals surface area contributed by atoms with Crippen LogP contribution in [0.25, 0.3) is 10.2 Å². The van der Waals surface area contributed by atoms with Crippen molar-refractivity contribution >= 4 is 44.7 Å². The molecule has 2 N–H and O–H groups in total. The SMILES string of the molecule is Cc1ccc(NC(=O)C[NH+]2CCCC[C@@H]2c2nc3ccccc3s2)c(Cl)c1. The maximum Gasteiger partial charge on any atom is 0.279 e. The van der Waals surface area contributed by atoms with Gasteiger partial charge >= 0.3 is 0 Å². The monoisotopic (exact) mass is 400 g/mol. The van der Waals surface area contributed by atoms with Crippen molar-refractivity contribution in [3.05, 3.63) is 58.1 Å². The Kier molecular flexibility index (Phi) is 5.43. The molecule has 2 aromatic carbocycles. The molecule has 1 amide bonds. The predicted octanol–water partition coefficient (Wildman–Crippen LogP) is 4.01. The third-order valence-corrected chi connectivity index (χ3v) is 6.59. The number of amides is 1. The zero-order valence-corrected chi connectivity index (χ0v) is 16.9. The third-order valence-electron chi connectivity index (χ3n) is 5.13. The minimum Gasteiger partial charge on any atom is -0.320 e. The molecule has 140 valence electrons. The van der Waals surface area contributed by atoms with Crippen LogP contribution >= 0.6 is 22.9 Å². The van der Waals surface area contributed by atoms with E-state index in [4.69, 9.17) is 16.6 Å². The summed E-state index contributed by atoms with van der Waals surface area (Å²) in [6, 6.07) is 14.2. The number of fused-ring (bicyclic) bond motifs is 1. The summed E-state index contributed by atoms with van der Waals surface area (Å²) in [5, 5.41) is 4.70. The summed E-state index contributed by atoms with van der Waals surface area (Å²) >= 11 is 8.01. The van der Waals surface area contributed by atoms with Gasteiger partial charge < -0.3 is 10.2 Å². The summed E-state index contributed by atoms with van der Waals surface area (Å²) in [6.07, 6.45) is 3.42. The van der Waals surface area contributed by atoms with Crippen molar-refractivity contribution in [2.24, 2.45) is 0 Å². The number of halogens is 1. The number of aryl methyl sites for hydroxylation is 1. The molecule has 0 aliphatic carbocycles. The molecule has 0 bridgehead atoms. The number of piperidine rings is 1. The van der Waals surface area contributed by atoms with E-state index >= 15 is 0 Å². The largest absolute Gasteiger partial charge is 0.320 e. The fourth-order valence-electron chi connectivity index (χ4n) is 3.75. The number of aromatic nitrogens is 1. The molecule has 0 radical (unpaired) electrons. The molecule has 2 heterocycles. The maximum atomic E-state index is 12.7. The van der Waals surface area contributed by atoms with Crippen molar-refractivity contribution in [3.63, 3.8) is 0 Å². The van der Waals surface area contributed by atoms with E-state index in [0.29, 0.717) is 17.3 Å². The molecule has 0 saturated carbocycles. The number of anilines is 1. The van der Waals surface area contributed by atoms with Gasteiger partial charge in [-0.3, -0.25) is 4.79 Å². The van der Waals surface area contributed by atoms with E-state index in [1.807, 2.05) is 31.2 Å². The molecule has 0 spiro atoms. The molecular weight excluding hydrogens is 378 g/mol. The Labute approximate surface area is 168 Å². The highest BCUT2D eigenvalue weighted by molar-refractivity contribution is 7.18. The van der Waals surface area contributed by atoms with Crippen molar-refractivity contribution in [2.75, 3.05) is 18.4 Å². The number of quaternary nitrogens is 1. The van der Waals surface area contributed by atoms with Crippen LogP contribution in [0.1, 0.15) is 35.9 Å². The number of carbonyl (C=O) groups is 1. The van der Waals surface area contributed by atoms with Crippen LogP contribution in [0, 0.1) is 6.92 Å². The van der Waals surface area contributed by atoms with Crippen molar-refractivity contribution in [1.82, 2.24) is 4.98 Å². The molecule has 1 aliphatic rings. The molecule has 27 heavy (non-hydrogen) atoms. The Morgan fingerprint density at radius 3 is 2.96 bits per heavy atom. The van der Waals surface area contributed by atoms with Crippen molar-refractivity contribution < 1.29 is 9.69 Å². The molecule has 6 heteroatoms. The Bertz CT molecular complexity index is 938. The third kappa shape index (κ3) is 4.15. The van der Waals surface area contributed by atoms with Crippen LogP contribution in [0.15, 0.2) is 42.5 Å². The van der Waals surface area contributed by atoms with Crippen LogP contribution in [0.4, 0.5) is 5.69 Å². The molecule has 2 atom stereocenters. The quantitative estimate of drug-likeness (QED) is 0.695. The van der Waals surface area contributed by atoms with Crippen LogP contribution in [-0.2, 0) is 4.79 Å².